The van der Waals surface area contributed by atoms with Crippen LogP contribution in [0, 0.1) is 0 Å². The Morgan fingerprint density at radius 1 is 0.919 bits per heavy atom. The number of benzene rings is 3. The molecule has 1 aliphatic rings. The molecule has 10 heteroatoms. The number of carbonyl (C=O) groups is 3. The summed E-state index contributed by atoms with van der Waals surface area (Å²) in [5.74, 6) is -2.20. The van der Waals surface area contributed by atoms with Crippen LogP contribution in [-0.4, -0.2) is 52.1 Å². The molecule has 1 aromatic heterocycles. The van der Waals surface area contributed by atoms with Crippen LogP contribution >= 0.6 is 0 Å². The van der Waals surface area contributed by atoms with Crippen LogP contribution in [0.5, 0.6) is 11.5 Å². The number of fused-ring (bicyclic) bond motifs is 1. The minimum absolute atomic E-state index is 0.0289. The number of ketones is 1. The molecule has 1 atom stereocenters. The summed E-state index contributed by atoms with van der Waals surface area (Å²) in [4.78, 5) is 46.7. The van der Waals surface area contributed by atoms with Gasteiger partial charge < -0.3 is 24.7 Å². The van der Waals surface area contributed by atoms with Crippen LogP contribution in [0.15, 0.2) is 72.3 Å². The summed E-state index contributed by atoms with van der Waals surface area (Å²) in [6.45, 7) is 0. The molecule has 5 rings (SSSR count). The van der Waals surface area contributed by atoms with E-state index >= 15 is 0 Å². The highest BCUT2D eigenvalue weighted by atomic mass is 16.5. The fourth-order valence-corrected chi connectivity index (χ4v) is 4.33. The number of nitrogens with zero attached hydrogens (tertiary/aromatic N) is 2. The Morgan fingerprint density at radius 2 is 1.62 bits per heavy atom. The quantitative estimate of drug-likeness (QED) is 0.206. The van der Waals surface area contributed by atoms with Crippen molar-refractivity contribution in [1.29, 1.82) is 0 Å². The first-order chi connectivity index (χ1) is 17.8. The highest BCUT2D eigenvalue weighted by Crippen LogP contribution is 2.42. The molecule has 3 aromatic carbocycles. The van der Waals surface area contributed by atoms with E-state index in [0.717, 1.165) is 4.90 Å². The van der Waals surface area contributed by atoms with Gasteiger partial charge in [0.05, 0.1) is 42.4 Å². The maximum Gasteiger partial charge on any atom is 0.335 e. The molecule has 3 N–H and O–H groups in total. The Kier molecular flexibility index (Phi) is 5.84. The first-order valence-corrected chi connectivity index (χ1v) is 11.1. The minimum Gasteiger partial charge on any atom is -0.507 e. The number of aliphatic hydroxyl groups is 1. The van der Waals surface area contributed by atoms with Crippen LogP contribution < -0.4 is 14.4 Å². The van der Waals surface area contributed by atoms with E-state index in [-0.39, 0.29) is 22.8 Å². The van der Waals surface area contributed by atoms with E-state index in [1.165, 1.54) is 32.4 Å². The van der Waals surface area contributed by atoms with Crippen LogP contribution in [-0.2, 0) is 9.59 Å². The van der Waals surface area contributed by atoms with Gasteiger partial charge in [0.25, 0.3) is 5.78 Å². The van der Waals surface area contributed by atoms with E-state index in [2.05, 4.69) is 9.97 Å². The monoisotopic (exact) mass is 499 g/mol. The van der Waals surface area contributed by atoms with Gasteiger partial charge in [0, 0.05) is 5.56 Å². The number of methoxy groups -OCH3 is 2. The van der Waals surface area contributed by atoms with Crippen LogP contribution in [0.25, 0.3) is 16.8 Å². The van der Waals surface area contributed by atoms with Gasteiger partial charge in [-0.1, -0.05) is 12.1 Å². The number of Topliss-reactive ketones (excluding diaryl/α,β-unsaturated/α-hetero) is 1. The third kappa shape index (κ3) is 4.04. The molecule has 1 fully saturated rings. The van der Waals surface area contributed by atoms with Gasteiger partial charge in [-0.2, -0.15) is 0 Å². The molecule has 0 spiro atoms. The van der Waals surface area contributed by atoms with Crippen LogP contribution in [0.1, 0.15) is 27.5 Å². The second-order valence-corrected chi connectivity index (χ2v) is 8.27. The van der Waals surface area contributed by atoms with Crippen molar-refractivity contribution in [3.05, 3.63) is 89.0 Å². The summed E-state index contributed by atoms with van der Waals surface area (Å²) < 4.78 is 10.5. The molecule has 1 aliphatic heterocycles. The summed E-state index contributed by atoms with van der Waals surface area (Å²) in [5, 5.41) is 20.6. The van der Waals surface area contributed by atoms with Crippen molar-refractivity contribution in [2.45, 2.75) is 6.04 Å². The second-order valence-electron chi connectivity index (χ2n) is 8.27. The number of anilines is 1. The number of aromatic carboxylic acids is 1. The lowest BCUT2D eigenvalue weighted by Gasteiger charge is -2.23. The highest BCUT2D eigenvalue weighted by Gasteiger charge is 2.48. The Labute approximate surface area is 210 Å². The first kappa shape index (κ1) is 23.6. The van der Waals surface area contributed by atoms with Crippen molar-refractivity contribution < 1.29 is 34.1 Å². The highest BCUT2D eigenvalue weighted by molar-refractivity contribution is 6.51. The first-order valence-electron chi connectivity index (χ1n) is 11.1. The van der Waals surface area contributed by atoms with Gasteiger partial charge in [0.15, 0.2) is 0 Å². The molecule has 37 heavy (non-hydrogen) atoms. The lowest BCUT2D eigenvalue weighted by molar-refractivity contribution is -0.132. The number of aromatic amines is 1. The summed E-state index contributed by atoms with van der Waals surface area (Å²) in [6.07, 6.45) is 0. The number of rotatable bonds is 6. The number of amides is 1. The number of nitrogens with one attached hydrogen (secondary N) is 1. The van der Waals surface area contributed by atoms with E-state index in [4.69, 9.17) is 9.47 Å². The average molecular weight is 499 g/mol. The molecule has 1 saturated heterocycles. The molecule has 4 aromatic rings. The second kappa shape index (κ2) is 9.15. The number of aliphatic hydroxyl groups excluding tert-OH is 1. The maximum absolute atomic E-state index is 13.4. The van der Waals surface area contributed by atoms with Crippen molar-refractivity contribution in [3.8, 4) is 11.5 Å². The van der Waals surface area contributed by atoms with Crippen molar-refractivity contribution in [2.24, 2.45) is 0 Å². The third-order valence-electron chi connectivity index (χ3n) is 6.16. The van der Waals surface area contributed by atoms with Crippen molar-refractivity contribution in [2.75, 3.05) is 19.1 Å². The van der Waals surface area contributed by atoms with Gasteiger partial charge in [-0.15, -0.1) is 0 Å². The van der Waals surface area contributed by atoms with Crippen molar-refractivity contribution in [3.63, 3.8) is 0 Å². The van der Waals surface area contributed by atoms with Gasteiger partial charge >= 0.3 is 11.9 Å². The van der Waals surface area contributed by atoms with Gasteiger partial charge in [-0.3, -0.25) is 14.5 Å². The van der Waals surface area contributed by atoms with E-state index < -0.39 is 23.7 Å². The number of hydrogen-bond acceptors (Lipinski definition) is 7. The molecule has 1 amide bonds. The summed E-state index contributed by atoms with van der Waals surface area (Å²) >= 11 is 0. The van der Waals surface area contributed by atoms with E-state index in [0.29, 0.717) is 33.7 Å². The number of ether oxygens (including phenoxy) is 2. The number of hydrogen-bond donors (Lipinski definition) is 3. The average Bonchev–Trinajstić information content (AvgIpc) is 3.45. The number of aromatic nitrogens is 2. The smallest absolute Gasteiger partial charge is 0.335 e. The molecule has 2 heterocycles. The van der Waals surface area contributed by atoms with Crippen LogP contribution in [0.3, 0.4) is 0 Å². The zero-order chi connectivity index (χ0) is 26.3. The fourth-order valence-electron chi connectivity index (χ4n) is 4.33. The zero-order valence-corrected chi connectivity index (χ0v) is 19.8. The fraction of sp³-hybridized carbons (Fsp3) is 0.111. The van der Waals surface area contributed by atoms with Crippen LogP contribution in [0.2, 0.25) is 0 Å². The van der Waals surface area contributed by atoms with Gasteiger partial charge in [-0.05, 0) is 60.2 Å². The Balaban J connectivity index is 1.71. The molecule has 0 aliphatic carbocycles. The van der Waals surface area contributed by atoms with E-state index in [9.17, 15) is 24.6 Å². The van der Waals surface area contributed by atoms with Crippen molar-refractivity contribution >= 4 is 40.4 Å². The zero-order valence-electron chi connectivity index (χ0n) is 19.8. The molecule has 10 nitrogen and oxygen atoms in total. The molecular formula is C27H21N3O7. The number of carbonyl (C=O) groups excluding carboxylic acids is 2. The Morgan fingerprint density at radius 3 is 2.30 bits per heavy atom. The minimum atomic E-state index is -1.12. The predicted octanol–water partition coefficient (Wildman–Crippen LogP) is 3.90. The summed E-state index contributed by atoms with van der Waals surface area (Å²) in [5.41, 5.74) is 1.50. The molecule has 1 unspecified atom stereocenters. The predicted molar refractivity (Wildman–Crippen MR) is 134 cm³/mol. The lowest BCUT2D eigenvalue weighted by atomic mass is 9.95. The topological polar surface area (TPSA) is 142 Å². The lowest BCUT2D eigenvalue weighted by Crippen LogP contribution is -2.30. The molecule has 186 valence electrons. The van der Waals surface area contributed by atoms with Gasteiger partial charge in [0.2, 0.25) is 5.95 Å². The molecular weight excluding hydrogens is 478 g/mol. The summed E-state index contributed by atoms with van der Waals surface area (Å²) in [6, 6.07) is 16.5. The SMILES string of the molecule is COc1ccc(/C(O)=C2\C(=O)C(=O)N(c3nc4ccc(C(=O)O)cc4[nH]3)C2c2cccc(OC)c2)cc1. The largest absolute Gasteiger partial charge is 0.507 e. The number of imidazole rings is 1. The molecule has 0 radical (unpaired) electrons. The number of carboxylic acids is 1. The number of carboxylic acid groups (broad SMARTS) is 1. The number of H-pyrrole nitrogens is 1. The Bertz CT molecular complexity index is 1590. The van der Waals surface area contributed by atoms with Gasteiger partial charge in [0.1, 0.15) is 17.3 Å². The maximum atomic E-state index is 13.4. The standard InChI is InChI=1S/C27H21N3O7/c1-36-17-9-6-14(7-10-17)23(31)21-22(15-4-3-5-18(12-15)37-2)30(25(33)24(21)32)27-28-19-11-8-16(26(34)35)13-20(19)29-27/h3-13,22,31H,1-2H3,(H,28,29)(H,34,35)/b23-21+. The molecule has 0 bridgehead atoms. The van der Waals surface area contributed by atoms with E-state index in [1.54, 1.807) is 48.5 Å². The Hall–Kier alpha value is -5.12. The van der Waals surface area contributed by atoms with Crippen LogP contribution in [0.4, 0.5) is 5.95 Å². The third-order valence-corrected chi connectivity index (χ3v) is 6.16. The molecule has 0 saturated carbocycles. The normalized spacial score (nSPS) is 16.8. The van der Waals surface area contributed by atoms with Gasteiger partial charge in [-0.25, -0.2) is 9.78 Å². The summed E-state index contributed by atoms with van der Waals surface area (Å²) in [7, 11) is 3.00. The van der Waals surface area contributed by atoms with E-state index in [1.807, 2.05) is 0 Å². The van der Waals surface area contributed by atoms with Crippen molar-refractivity contribution in [1.82, 2.24) is 9.97 Å².